The molecule has 3 atom stereocenters. The average Bonchev–Trinajstić information content (AvgIpc) is 2.93. The summed E-state index contributed by atoms with van der Waals surface area (Å²) in [5.74, 6) is -0.0751. The molecule has 0 aromatic carbocycles. The Hall–Kier alpha value is -1.38. The summed E-state index contributed by atoms with van der Waals surface area (Å²) in [6, 6.07) is -0.234. The summed E-state index contributed by atoms with van der Waals surface area (Å²) in [5, 5.41) is 7.93. The number of fused-ring (bicyclic) bond motifs is 2. The summed E-state index contributed by atoms with van der Waals surface area (Å²) in [7, 11) is 0. The molecule has 2 saturated heterocycles. The third-order valence-electron chi connectivity index (χ3n) is 3.09. The van der Waals surface area contributed by atoms with Gasteiger partial charge in [0.25, 0.3) is 0 Å². The molecule has 2 fully saturated rings. The zero-order valence-electron chi connectivity index (χ0n) is 9.56. The zero-order valence-corrected chi connectivity index (χ0v) is 10.4. The van der Waals surface area contributed by atoms with Gasteiger partial charge in [0.05, 0.1) is 19.2 Å². The van der Waals surface area contributed by atoms with E-state index in [0.29, 0.717) is 24.3 Å². The molecule has 1 aromatic heterocycles. The van der Waals surface area contributed by atoms with Crippen LogP contribution in [-0.4, -0.2) is 44.6 Å². The summed E-state index contributed by atoms with van der Waals surface area (Å²) >= 11 is 5.27. The minimum Gasteiger partial charge on any atom is -0.343 e. The molecule has 3 rings (SSSR count). The van der Waals surface area contributed by atoms with Crippen LogP contribution in [0.3, 0.4) is 0 Å². The third kappa shape index (κ3) is 1.73. The second-order valence-corrected chi connectivity index (χ2v) is 4.62. The fourth-order valence-electron chi connectivity index (χ4n) is 2.20. The molecule has 1 aromatic rings. The van der Waals surface area contributed by atoms with E-state index in [1.54, 1.807) is 15.4 Å². The van der Waals surface area contributed by atoms with E-state index in [1.165, 1.54) is 0 Å². The van der Waals surface area contributed by atoms with E-state index in [0.717, 1.165) is 0 Å². The number of nitrogens with zero attached hydrogens (tertiary/aromatic N) is 4. The van der Waals surface area contributed by atoms with E-state index < -0.39 is 6.29 Å². The molecular weight excluding hydrogens is 256 g/mol. The van der Waals surface area contributed by atoms with Crippen LogP contribution >= 0.6 is 12.2 Å². The number of hydrogen-bond acceptors (Lipinski definition) is 6. The molecule has 8 heteroatoms. The Kier molecular flexibility index (Phi) is 2.84. The lowest BCUT2D eigenvalue weighted by atomic mass is 10.0. The fraction of sp³-hybridized carbons (Fsp3) is 0.600. The van der Waals surface area contributed by atoms with Crippen LogP contribution in [-0.2, 0) is 20.8 Å². The summed E-state index contributed by atoms with van der Waals surface area (Å²) < 4.78 is 14.3. The van der Waals surface area contributed by atoms with Crippen LogP contribution in [0.25, 0.3) is 0 Å². The van der Waals surface area contributed by atoms with Crippen molar-refractivity contribution >= 4 is 18.0 Å². The minimum atomic E-state index is -0.705. The van der Waals surface area contributed by atoms with Crippen molar-refractivity contribution in [1.29, 1.82) is 0 Å². The number of tetrazole rings is 1. The van der Waals surface area contributed by atoms with E-state index in [-0.39, 0.29) is 17.9 Å². The summed E-state index contributed by atoms with van der Waals surface area (Å²) in [4.78, 5) is 11.7. The van der Waals surface area contributed by atoms with E-state index >= 15 is 0 Å². The number of Topliss-reactive ketones (excluding diaryl/α,β-unsaturated/α-hetero) is 1. The highest BCUT2D eigenvalue weighted by molar-refractivity contribution is 7.71. The normalized spacial score (nSPS) is 30.7. The SMILES string of the molecule is C=CCn1nnn([C@H]2CC(=O)[C@@H]3OC[C@H]2O3)c1=S. The smallest absolute Gasteiger partial charge is 0.218 e. The van der Waals surface area contributed by atoms with Crippen molar-refractivity contribution in [3.63, 3.8) is 0 Å². The largest absolute Gasteiger partial charge is 0.343 e. The van der Waals surface area contributed by atoms with Gasteiger partial charge >= 0.3 is 0 Å². The highest BCUT2D eigenvalue weighted by Crippen LogP contribution is 2.32. The van der Waals surface area contributed by atoms with Gasteiger partial charge in [-0.3, -0.25) is 4.79 Å². The lowest BCUT2D eigenvalue weighted by Gasteiger charge is -2.25. The maximum atomic E-state index is 11.7. The van der Waals surface area contributed by atoms with Gasteiger partial charge in [-0.15, -0.1) is 6.58 Å². The molecule has 96 valence electrons. The Balaban J connectivity index is 1.92. The molecule has 3 heterocycles. The van der Waals surface area contributed by atoms with Gasteiger partial charge in [-0.25, -0.2) is 9.36 Å². The van der Waals surface area contributed by atoms with Gasteiger partial charge in [0.1, 0.15) is 6.10 Å². The number of hydrogen-bond donors (Lipinski definition) is 0. The molecule has 0 amide bonds. The maximum absolute atomic E-state index is 11.7. The molecule has 0 radical (unpaired) electrons. The van der Waals surface area contributed by atoms with Gasteiger partial charge in [-0.2, -0.15) is 0 Å². The molecule has 2 aliphatic heterocycles. The predicted octanol–water partition coefficient (Wildman–Crippen LogP) is 0.250. The van der Waals surface area contributed by atoms with Crippen molar-refractivity contribution in [3.05, 3.63) is 17.4 Å². The van der Waals surface area contributed by atoms with Crippen LogP contribution in [0.15, 0.2) is 12.7 Å². The molecular formula is C10H12N4O3S. The van der Waals surface area contributed by atoms with Crippen molar-refractivity contribution in [1.82, 2.24) is 19.8 Å². The number of rotatable bonds is 3. The molecule has 2 bridgehead atoms. The first-order chi connectivity index (χ1) is 8.70. The van der Waals surface area contributed by atoms with Crippen molar-refractivity contribution in [3.8, 4) is 0 Å². The first kappa shape index (κ1) is 11.7. The van der Waals surface area contributed by atoms with E-state index in [4.69, 9.17) is 21.7 Å². The Morgan fingerprint density at radius 3 is 3.17 bits per heavy atom. The lowest BCUT2D eigenvalue weighted by molar-refractivity contribution is -0.156. The second kappa shape index (κ2) is 4.38. The number of allylic oxidation sites excluding steroid dienone is 1. The van der Waals surface area contributed by atoms with Crippen LogP contribution in [0.2, 0.25) is 0 Å². The molecule has 0 saturated carbocycles. The van der Waals surface area contributed by atoms with Crippen molar-refractivity contribution in [2.75, 3.05) is 6.61 Å². The van der Waals surface area contributed by atoms with Crippen LogP contribution < -0.4 is 0 Å². The molecule has 0 N–H and O–H groups in total. The Labute approximate surface area is 108 Å². The summed E-state index contributed by atoms with van der Waals surface area (Å²) in [6.07, 6.45) is 1.11. The van der Waals surface area contributed by atoms with Crippen LogP contribution in [0.5, 0.6) is 0 Å². The number of ketones is 1. The number of carbonyl (C=O) groups is 1. The van der Waals surface area contributed by atoms with Gasteiger partial charge in [-0.05, 0) is 22.6 Å². The second-order valence-electron chi connectivity index (χ2n) is 4.25. The van der Waals surface area contributed by atoms with Crippen LogP contribution in [0.4, 0.5) is 0 Å². The molecule has 7 nitrogen and oxygen atoms in total. The predicted molar refractivity (Wildman–Crippen MR) is 62.3 cm³/mol. The highest BCUT2D eigenvalue weighted by Gasteiger charge is 2.44. The fourth-order valence-corrected chi connectivity index (χ4v) is 2.48. The van der Waals surface area contributed by atoms with Gasteiger partial charge in [0.2, 0.25) is 11.1 Å². The molecule has 2 aliphatic rings. The topological polar surface area (TPSA) is 71.2 Å². The van der Waals surface area contributed by atoms with Crippen molar-refractivity contribution in [2.24, 2.45) is 0 Å². The standard InChI is InChI=1S/C10H12N4O3S/c1-2-3-13-10(18)14(12-11-13)6-4-7(15)9-16-5-8(6)17-9/h2,6,8-9H,1,3-5H2/t6-,8+,9+/m0/s1. The highest BCUT2D eigenvalue weighted by atomic mass is 32.1. The average molecular weight is 268 g/mol. The van der Waals surface area contributed by atoms with E-state index in [1.807, 2.05) is 0 Å². The maximum Gasteiger partial charge on any atom is 0.218 e. The van der Waals surface area contributed by atoms with E-state index in [2.05, 4.69) is 17.0 Å². The molecule has 18 heavy (non-hydrogen) atoms. The quantitative estimate of drug-likeness (QED) is 0.578. The van der Waals surface area contributed by atoms with Crippen LogP contribution in [0, 0.1) is 4.77 Å². The van der Waals surface area contributed by atoms with Gasteiger partial charge in [0, 0.05) is 6.42 Å². The first-order valence-electron chi connectivity index (χ1n) is 5.63. The minimum absolute atomic E-state index is 0.0751. The summed E-state index contributed by atoms with van der Waals surface area (Å²) in [5.41, 5.74) is 0. The monoisotopic (exact) mass is 268 g/mol. The van der Waals surface area contributed by atoms with Crippen molar-refractivity contribution < 1.29 is 14.3 Å². The zero-order chi connectivity index (χ0) is 12.7. The molecule has 0 spiro atoms. The Bertz CT molecular complexity index is 552. The Morgan fingerprint density at radius 1 is 1.56 bits per heavy atom. The lowest BCUT2D eigenvalue weighted by Crippen LogP contribution is -2.37. The molecule has 0 unspecified atom stereocenters. The number of carbonyl (C=O) groups excluding carboxylic acids is 1. The van der Waals surface area contributed by atoms with E-state index in [9.17, 15) is 4.79 Å². The third-order valence-corrected chi connectivity index (χ3v) is 3.49. The van der Waals surface area contributed by atoms with Gasteiger partial charge < -0.3 is 9.47 Å². The molecule has 0 aliphatic carbocycles. The summed E-state index contributed by atoms with van der Waals surface area (Å²) in [6.45, 7) is 4.50. The Morgan fingerprint density at radius 2 is 2.39 bits per heavy atom. The van der Waals surface area contributed by atoms with Crippen molar-refractivity contribution in [2.45, 2.75) is 31.4 Å². The first-order valence-corrected chi connectivity index (χ1v) is 6.04. The van der Waals surface area contributed by atoms with Gasteiger partial charge in [0.15, 0.2) is 5.78 Å². The van der Waals surface area contributed by atoms with Gasteiger partial charge in [-0.1, -0.05) is 6.08 Å². The van der Waals surface area contributed by atoms with Crippen LogP contribution in [0.1, 0.15) is 12.5 Å². The number of aromatic nitrogens is 4. The number of ether oxygens (including phenoxy) is 2.